The second-order valence-corrected chi connectivity index (χ2v) is 4.11. The van der Waals surface area contributed by atoms with Crippen LogP contribution in [0.15, 0.2) is 0 Å². The number of nitrogens with one attached hydrogen (secondary N) is 1. The third kappa shape index (κ3) is 3.32. The molecule has 1 fully saturated rings. The first-order chi connectivity index (χ1) is 6.77. The van der Waals surface area contributed by atoms with Crippen molar-refractivity contribution < 1.29 is 0 Å². The van der Waals surface area contributed by atoms with Crippen molar-refractivity contribution in [2.45, 2.75) is 33.2 Å². The molecule has 0 radical (unpaired) electrons. The van der Waals surface area contributed by atoms with Crippen LogP contribution in [0.5, 0.6) is 0 Å². The van der Waals surface area contributed by atoms with Crippen molar-refractivity contribution in [1.29, 1.82) is 0 Å². The van der Waals surface area contributed by atoms with Crippen molar-refractivity contribution in [2.75, 3.05) is 26.2 Å². The molecular formula is C12H22N2. The molecule has 1 saturated heterocycles. The Bertz CT molecular complexity index is 214. The van der Waals surface area contributed by atoms with Gasteiger partial charge in [0.1, 0.15) is 0 Å². The molecule has 0 saturated carbocycles. The summed E-state index contributed by atoms with van der Waals surface area (Å²) < 4.78 is 0. The summed E-state index contributed by atoms with van der Waals surface area (Å²) in [4.78, 5) is 2.45. The molecule has 1 rings (SSSR count). The van der Waals surface area contributed by atoms with Crippen LogP contribution < -0.4 is 5.32 Å². The number of rotatable bonds is 3. The van der Waals surface area contributed by atoms with Gasteiger partial charge in [0.15, 0.2) is 0 Å². The summed E-state index contributed by atoms with van der Waals surface area (Å²) in [6, 6.07) is 0.660. The van der Waals surface area contributed by atoms with Gasteiger partial charge in [-0.15, -0.1) is 5.92 Å². The third-order valence-electron chi connectivity index (χ3n) is 3.10. The molecule has 1 aliphatic heterocycles. The normalized spacial score (nSPS) is 25.2. The SMILES string of the molecule is CC#CCN1CCNC(C(C)CC)C1. The van der Waals surface area contributed by atoms with Gasteiger partial charge in [0.05, 0.1) is 6.54 Å². The van der Waals surface area contributed by atoms with E-state index in [2.05, 4.69) is 35.9 Å². The number of nitrogens with zero attached hydrogens (tertiary/aromatic N) is 1. The van der Waals surface area contributed by atoms with Gasteiger partial charge in [-0.05, 0) is 12.8 Å². The Kier molecular flexibility index (Phi) is 5.00. The van der Waals surface area contributed by atoms with Crippen LogP contribution in [0.25, 0.3) is 0 Å². The van der Waals surface area contributed by atoms with E-state index in [0.29, 0.717) is 6.04 Å². The second-order valence-electron chi connectivity index (χ2n) is 4.11. The maximum atomic E-state index is 3.59. The van der Waals surface area contributed by atoms with E-state index in [4.69, 9.17) is 0 Å². The number of hydrogen-bond acceptors (Lipinski definition) is 2. The highest BCUT2D eigenvalue weighted by Gasteiger charge is 2.22. The molecular weight excluding hydrogens is 172 g/mol. The Morgan fingerprint density at radius 2 is 2.36 bits per heavy atom. The molecule has 80 valence electrons. The Morgan fingerprint density at radius 3 is 3.00 bits per heavy atom. The van der Waals surface area contributed by atoms with Crippen LogP contribution in [-0.2, 0) is 0 Å². The highest BCUT2D eigenvalue weighted by Crippen LogP contribution is 2.11. The molecule has 0 aromatic heterocycles. The van der Waals surface area contributed by atoms with Gasteiger partial charge in [0, 0.05) is 25.7 Å². The molecule has 0 spiro atoms. The lowest BCUT2D eigenvalue weighted by molar-refractivity contribution is 0.185. The molecule has 0 amide bonds. The van der Waals surface area contributed by atoms with E-state index >= 15 is 0 Å². The molecule has 2 heteroatoms. The van der Waals surface area contributed by atoms with Gasteiger partial charge in [0.25, 0.3) is 0 Å². The minimum absolute atomic E-state index is 0.660. The van der Waals surface area contributed by atoms with E-state index in [0.717, 1.165) is 32.1 Å². The fourth-order valence-electron chi connectivity index (χ4n) is 1.84. The predicted octanol–water partition coefficient (Wildman–Crippen LogP) is 1.33. The van der Waals surface area contributed by atoms with Crippen LogP contribution in [0.3, 0.4) is 0 Å². The van der Waals surface area contributed by atoms with E-state index in [1.807, 2.05) is 6.92 Å². The van der Waals surface area contributed by atoms with E-state index < -0.39 is 0 Å². The average molecular weight is 194 g/mol. The minimum Gasteiger partial charge on any atom is -0.311 e. The Labute approximate surface area is 88.1 Å². The fraction of sp³-hybridized carbons (Fsp3) is 0.833. The third-order valence-corrected chi connectivity index (χ3v) is 3.10. The zero-order valence-corrected chi connectivity index (χ0v) is 9.64. The fourth-order valence-corrected chi connectivity index (χ4v) is 1.84. The maximum Gasteiger partial charge on any atom is 0.0602 e. The lowest BCUT2D eigenvalue weighted by Gasteiger charge is -2.35. The molecule has 1 aliphatic rings. The van der Waals surface area contributed by atoms with Crippen LogP contribution in [-0.4, -0.2) is 37.1 Å². The summed E-state index contributed by atoms with van der Waals surface area (Å²) in [6.45, 7) is 10.8. The zero-order valence-electron chi connectivity index (χ0n) is 9.64. The number of piperazine rings is 1. The molecule has 2 unspecified atom stereocenters. The molecule has 1 N–H and O–H groups in total. The van der Waals surface area contributed by atoms with E-state index in [1.54, 1.807) is 0 Å². The van der Waals surface area contributed by atoms with E-state index in [-0.39, 0.29) is 0 Å². The molecule has 0 bridgehead atoms. The van der Waals surface area contributed by atoms with Gasteiger partial charge in [-0.3, -0.25) is 4.90 Å². The topological polar surface area (TPSA) is 15.3 Å². The first-order valence-corrected chi connectivity index (χ1v) is 5.63. The van der Waals surface area contributed by atoms with E-state index in [9.17, 15) is 0 Å². The summed E-state index contributed by atoms with van der Waals surface area (Å²) in [5, 5.41) is 3.59. The predicted molar refractivity (Wildman–Crippen MR) is 61.1 cm³/mol. The lowest BCUT2D eigenvalue weighted by Crippen LogP contribution is -2.53. The summed E-state index contributed by atoms with van der Waals surface area (Å²) in [5.74, 6) is 6.88. The summed E-state index contributed by atoms with van der Waals surface area (Å²) in [7, 11) is 0. The molecule has 0 aromatic rings. The van der Waals surface area contributed by atoms with E-state index in [1.165, 1.54) is 6.42 Å². The Morgan fingerprint density at radius 1 is 1.57 bits per heavy atom. The largest absolute Gasteiger partial charge is 0.311 e. The molecule has 14 heavy (non-hydrogen) atoms. The van der Waals surface area contributed by atoms with Crippen molar-refractivity contribution in [1.82, 2.24) is 10.2 Å². The average Bonchev–Trinajstić information content (AvgIpc) is 2.25. The van der Waals surface area contributed by atoms with Gasteiger partial charge in [-0.25, -0.2) is 0 Å². The van der Waals surface area contributed by atoms with Crippen molar-refractivity contribution in [3.63, 3.8) is 0 Å². The van der Waals surface area contributed by atoms with Crippen LogP contribution in [0.2, 0.25) is 0 Å². The first kappa shape index (κ1) is 11.6. The van der Waals surface area contributed by atoms with Crippen LogP contribution in [0.4, 0.5) is 0 Å². The Balaban J connectivity index is 2.37. The smallest absolute Gasteiger partial charge is 0.0602 e. The molecule has 1 heterocycles. The summed E-state index contributed by atoms with van der Waals surface area (Å²) in [6.07, 6.45) is 1.25. The monoisotopic (exact) mass is 194 g/mol. The molecule has 0 aromatic carbocycles. The minimum atomic E-state index is 0.660. The van der Waals surface area contributed by atoms with Crippen molar-refractivity contribution in [2.24, 2.45) is 5.92 Å². The number of hydrogen-bond donors (Lipinski definition) is 1. The van der Waals surface area contributed by atoms with Gasteiger partial charge < -0.3 is 5.32 Å². The van der Waals surface area contributed by atoms with Crippen molar-refractivity contribution in [3.05, 3.63) is 0 Å². The molecule has 0 aliphatic carbocycles. The highest BCUT2D eigenvalue weighted by molar-refractivity contribution is 4.99. The van der Waals surface area contributed by atoms with Gasteiger partial charge in [0.2, 0.25) is 0 Å². The molecule has 2 nitrogen and oxygen atoms in total. The summed E-state index contributed by atoms with van der Waals surface area (Å²) >= 11 is 0. The first-order valence-electron chi connectivity index (χ1n) is 5.63. The summed E-state index contributed by atoms with van der Waals surface area (Å²) in [5.41, 5.74) is 0. The zero-order chi connectivity index (χ0) is 10.4. The quantitative estimate of drug-likeness (QED) is 0.682. The van der Waals surface area contributed by atoms with Crippen molar-refractivity contribution in [3.8, 4) is 11.8 Å². The Hall–Kier alpha value is -0.520. The highest BCUT2D eigenvalue weighted by atomic mass is 15.2. The van der Waals surface area contributed by atoms with Gasteiger partial charge in [-0.1, -0.05) is 26.2 Å². The molecule has 2 atom stereocenters. The van der Waals surface area contributed by atoms with Crippen LogP contribution in [0, 0.1) is 17.8 Å². The lowest BCUT2D eigenvalue weighted by atomic mass is 9.97. The maximum absolute atomic E-state index is 3.59. The van der Waals surface area contributed by atoms with Gasteiger partial charge >= 0.3 is 0 Å². The van der Waals surface area contributed by atoms with Crippen LogP contribution >= 0.6 is 0 Å². The second kappa shape index (κ2) is 6.06. The van der Waals surface area contributed by atoms with Gasteiger partial charge in [-0.2, -0.15) is 0 Å². The van der Waals surface area contributed by atoms with Crippen LogP contribution in [0.1, 0.15) is 27.2 Å². The standard InChI is InChI=1S/C12H22N2/c1-4-6-8-14-9-7-13-12(10-14)11(3)5-2/h11-13H,5,7-10H2,1-3H3. The van der Waals surface area contributed by atoms with Crippen molar-refractivity contribution >= 4 is 0 Å².